The van der Waals surface area contributed by atoms with Gasteiger partial charge in [0.25, 0.3) is 0 Å². The first-order valence-electron chi connectivity index (χ1n) is 10.8. The third-order valence-corrected chi connectivity index (χ3v) is 5.66. The molecule has 0 saturated carbocycles. The molecule has 33 heavy (non-hydrogen) atoms. The zero-order valence-electron chi connectivity index (χ0n) is 18.3. The van der Waals surface area contributed by atoms with Crippen LogP contribution in [-0.4, -0.2) is 18.6 Å². The monoisotopic (exact) mass is 462 g/mol. The molecule has 0 fully saturated rings. The molecule has 168 valence electrons. The van der Waals surface area contributed by atoms with E-state index in [9.17, 15) is 9.59 Å². The smallest absolute Gasteiger partial charge is 0.338 e. The molecule has 0 bridgehead atoms. The van der Waals surface area contributed by atoms with Crippen LogP contribution in [0.4, 0.5) is 4.79 Å². The molecule has 4 rings (SSSR count). The number of pyridine rings is 1. The average Bonchev–Trinajstić information content (AvgIpc) is 2.81. The molecule has 2 heterocycles. The average molecular weight is 463 g/mol. The van der Waals surface area contributed by atoms with Gasteiger partial charge >= 0.3 is 12.0 Å². The van der Waals surface area contributed by atoms with Gasteiger partial charge in [0.1, 0.15) is 0 Å². The van der Waals surface area contributed by atoms with Crippen LogP contribution < -0.4 is 15.2 Å². The Morgan fingerprint density at radius 2 is 1.67 bits per heavy atom. The topological polar surface area (TPSA) is 71.3 Å². The summed E-state index contributed by atoms with van der Waals surface area (Å²) in [5.74, 6) is -0.471. The lowest BCUT2D eigenvalue weighted by Gasteiger charge is -2.28. The van der Waals surface area contributed by atoms with Gasteiger partial charge in [-0.05, 0) is 42.2 Å². The number of benzene rings is 2. The fourth-order valence-corrected chi connectivity index (χ4v) is 3.95. The van der Waals surface area contributed by atoms with Gasteiger partial charge < -0.3 is 15.4 Å². The van der Waals surface area contributed by atoms with Crippen molar-refractivity contribution in [1.29, 1.82) is 0 Å². The van der Waals surface area contributed by atoms with Crippen molar-refractivity contribution in [2.45, 2.75) is 25.9 Å². The number of aromatic nitrogens is 1. The van der Waals surface area contributed by atoms with Crippen molar-refractivity contribution in [3.63, 3.8) is 0 Å². The summed E-state index contributed by atoms with van der Waals surface area (Å²) in [7, 11) is 0. The van der Waals surface area contributed by atoms with Crippen molar-refractivity contribution in [1.82, 2.24) is 10.6 Å². The van der Waals surface area contributed by atoms with Gasteiger partial charge in [-0.2, -0.15) is 4.57 Å². The molecule has 0 aliphatic carbocycles. The Labute approximate surface area is 197 Å². The van der Waals surface area contributed by atoms with Crippen molar-refractivity contribution in [3.8, 4) is 0 Å². The van der Waals surface area contributed by atoms with Crippen molar-refractivity contribution in [2.24, 2.45) is 0 Å². The van der Waals surface area contributed by atoms with E-state index in [0.717, 1.165) is 12.0 Å². The number of halogens is 1. The maximum atomic E-state index is 12.9. The summed E-state index contributed by atoms with van der Waals surface area (Å²) in [6.07, 6.45) is 4.72. The van der Waals surface area contributed by atoms with Crippen LogP contribution in [0.5, 0.6) is 0 Å². The summed E-state index contributed by atoms with van der Waals surface area (Å²) in [5, 5.41) is 6.21. The molecule has 3 aromatic rings. The van der Waals surface area contributed by atoms with Gasteiger partial charge in [-0.3, -0.25) is 0 Å². The summed E-state index contributed by atoms with van der Waals surface area (Å²) < 4.78 is 7.25. The molecule has 7 heteroatoms. The normalized spacial score (nSPS) is 15.6. The molecule has 2 amide bonds. The standard InChI is InChI=1S/C26H24ClN3O3/c1-2-33-25(31)23-22(28-26(32)29-24(23)20-8-10-21(27)11-9-20)17-30-14-12-19(13-15-30)16-18-6-4-3-5-7-18/h3-15,24H,2,16-17H2,1H3,(H-,28,29,31,32)/p+1/t24-/m1/s1. The van der Waals surface area contributed by atoms with Gasteiger partial charge in [0.2, 0.25) is 0 Å². The maximum Gasteiger partial charge on any atom is 0.338 e. The third kappa shape index (κ3) is 5.59. The van der Waals surface area contributed by atoms with E-state index in [1.165, 1.54) is 11.1 Å². The summed E-state index contributed by atoms with van der Waals surface area (Å²) in [5.41, 5.74) is 4.03. The largest absolute Gasteiger partial charge is 0.463 e. The zero-order chi connectivity index (χ0) is 23.2. The number of esters is 1. The molecule has 2 aromatic carbocycles. The minimum absolute atomic E-state index is 0.234. The van der Waals surface area contributed by atoms with Gasteiger partial charge in [-0.1, -0.05) is 54.1 Å². The first-order valence-corrected chi connectivity index (χ1v) is 11.2. The van der Waals surface area contributed by atoms with Crippen LogP contribution in [-0.2, 0) is 22.5 Å². The predicted molar refractivity (Wildman–Crippen MR) is 125 cm³/mol. The summed E-state index contributed by atoms with van der Waals surface area (Å²) in [6, 6.07) is 20.4. The van der Waals surface area contributed by atoms with E-state index in [1.807, 2.05) is 47.3 Å². The van der Waals surface area contributed by atoms with E-state index in [0.29, 0.717) is 22.8 Å². The lowest BCUT2D eigenvalue weighted by Crippen LogP contribution is -2.49. The van der Waals surface area contributed by atoms with Crippen LogP contribution in [0, 0.1) is 0 Å². The molecule has 1 aliphatic heterocycles. The molecule has 2 N–H and O–H groups in total. The van der Waals surface area contributed by atoms with E-state index in [1.54, 1.807) is 31.2 Å². The molecule has 0 spiro atoms. The van der Waals surface area contributed by atoms with E-state index >= 15 is 0 Å². The van der Waals surface area contributed by atoms with E-state index in [-0.39, 0.29) is 12.6 Å². The van der Waals surface area contributed by atoms with Gasteiger partial charge in [0.05, 0.1) is 23.9 Å². The predicted octanol–water partition coefficient (Wildman–Crippen LogP) is 4.09. The van der Waals surface area contributed by atoms with Gasteiger partial charge in [-0.15, -0.1) is 0 Å². The Balaban J connectivity index is 1.63. The van der Waals surface area contributed by atoms with E-state index < -0.39 is 12.0 Å². The van der Waals surface area contributed by atoms with Crippen molar-refractivity contribution in [3.05, 3.63) is 112 Å². The molecule has 0 unspecified atom stereocenters. The Morgan fingerprint density at radius 1 is 1.00 bits per heavy atom. The SMILES string of the molecule is CCOC(=O)C1=C(C[n+]2ccc(Cc3ccccc3)cc2)NC(=O)N[C@@H]1c1ccc(Cl)cc1. The quantitative estimate of drug-likeness (QED) is 0.410. The minimum Gasteiger partial charge on any atom is -0.463 e. The Hall–Kier alpha value is -3.64. The summed E-state index contributed by atoms with van der Waals surface area (Å²) in [6.45, 7) is 2.31. The van der Waals surface area contributed by atoms with Crippen LogP contribution in [0.2, 0.25) is 5.02 Å². The summed E-state index contributed by atoms with van der Waals surface area (Å²) in [4.78, 5) is 25.4. The van der Waals surface area contributed by atoms with Gasteiger partial charge in [0, 0.05) is 17.2 Å². The second-order valence-corrected chi connectivity index (χ2v) is 8.17. The van der Waals surface area contributed by atoms with E-state index in [2.05, 4.69) is 22.8 Å². The number of hydrogen-bond acceptors (Lipinski definition) is 3. The maximum absolute atomic E-state index is 12.9. The van der Waals surface area contributed by atoms with Crippen molar-refractivity contribution < 1.29 is 18.9 Å². The van der Waals surface area contributed by atoms with Crippen LogP contribution in [0.3, 0.4) is 0 Å². The number of urea groups is 1. The molecule has 1 aromatic heterocycles. The molecular weight excluding hydrogens is 438 g/mol. The number of allylic oxidation sites excluding steroid dienone is 1. The number of amides is 2. The van der Waals surface area contributed by atoms with Crippen LogP contribution in [0.15, 0.2) is 90.4 Å². The lowest BCUT2D eigenvalue weighted by molar-refractivity contribution is -0.689. The van der Waals surface area contributed by atoms with Crippen LogP contribution in [0.1, 0.15) is 29.7 Å². The second-order valence-electron chi connectivity index (χ2n) is 7.74. The third-order valence-electron chi connectivity index (χ3n) is 5.40. The number of nitrogens with zero attached hydrogens (tertiary/aromatic N) is 1. The number of rotatable bonds is 7. The zero-order valence-corrected chi connectivity index (χ0v) is 19.0. The lowest BCUT2D eigenvalue weighted by atomic mass is 9.95. The fourth-order valence-electron chi connectivity index (χ4n) is 3.82. The summed E-state index contributed by atoms with van der Waals surface area (Å²) >= 11 is 6.02. The molecule has 1 atom stereocenters. The highest BCUT2D eigenvalue weighted by Gasteiger charge is 2.35. The molecule has 0 saturated heterocycles. The first kappa shape index (κ1) is 22.6. The van der Waals surface area contributed by atoms with Crippen molar-refractivity contribution in [2.75, 3.05) is 6.61 Å². The van der Waals surface area contributed by atoms with Crippen LogP contribution >= 0.6 is 11.6 Å². The number of nitrogens with one attached hydrogen (secondary N) is 2. The number of carbonyl (C=O) groups excluding carboxylic acids is 2. The van der Waals surface area contributed by atoms with E-state index in [4.69, 9.17) is 16.3 Å². The number of carbonyl (C=O) groups is 2. The van der Waals surface area contributed by atoms with Gasteiger partial charge in [-0.25, -0.2) is 9.59 Å². The minimum atomic E-state index is -0.636. The Morgan fingerprint density at radius 3 is 2.33 bits per heavy atom. The highest BCUT2D eigenvalue weighted by Crippen LogP contribution is 2.28. The highest BCUT2D eigenvalue weighted by molar-refractivity contribution is 6.30. The van der Waals surface area contributed by atoms with Crippen molar-refractivity contribution >= 4 is 23.6 Å². The Kier molecular flexibility index (Phi) is 7.05. The van der Waals surface area contributed by atoms with Crippen LogP contribution in [0.25, 0.3) is 0 Å². The second kappa shape index (κ2) is 10.3. The highest BCUT2D eigenvalue weighted by atomic mass is 35.5. The molecule has 6 nitrogen and oxygen atoms in total. The Bertz CT molecular complexity index is 1160. The first-order chi connectivity index (χ1) is 16.0. The number of hydrogen-bond donors (Lipinski definition) is 2. The molecule has 1 aliphatic rings. The fraction of sp³-hybridized carbons (Fsp3) is 0.192. The number of ether oxygens (including phenoxy) is 1. The van der Waals surface area contributed by atoms with Gasteiger partial charge in [0.15, 0.2) is 18.9 Å². The molecular formula is C26H25ClN3O3+. The molecule has 0 radical (unpaired) electrons.